The van der Waals surface area contributed by atoms with Crippen LogP contribution in [0.5, 0.6) is 11.5 Å². The van der Waals surface area contributed by atoms with Gasteiger partial charge in [0.2, 0.25) is 0 Å². The lowest BCUT2D eigenvalue weighted by Gasteiger charge is -2.12. The quantitative estimate of drug-likeness (QED) is 0.575. The summed E-state index contributed by atoms with van der Waals surface area (Å²) in [5, 5.41) is 13.8. The lowest BCUT2D eigenvalue weighted by molar-refractivity contribution is 0.0692. The number of benzene rings is 2. The number of nitrogens with one attached hydrogen (secondary N) is 1. The summed E-state index contributed by atoms with van der Waals surface area (Å²) in [7, 11) is 2.73. The zero-order valence-corrected chi connectivity index (χ0v) is 15.3. The Bertz CT molecular complexity index is 884. The molecule has 1 amide bonds. The van der Waals surface area contributed by atoms with E-state index < -0.39 is 11.9 Å². The molecule has 0 saturated carbocycles. The van der Waals surface area contributed by atoms with Gasteiger partial charge in [-0.05, 0) is 30.3 Å². The molecule has 0 radical (unpaired) electrons. The summed E-state index contributed by atoms with van der Waals surface area (Å²) < 4.78 is 10.2. The van der Waals surface area contributed by atoms with Crippen LogP contribution < -0.4 is 14.9 Å². The number of carboxylic acids is 1. The molecule has 2 N–H and O–H groups in total. The lowest BCUT2D eigenvalue weighted by Crippen LogP contribution is -2.18. The molecular formula is C17H14Cl2N2O5. The van der Waals surface area contributed by atoms with Gasteiger partial charge in [0.1, 0.15) is 5.56 Å². The van der Waals surface area contributed by atoms with Gasteiger partial charge in [-0.1, -0.05) is 23.2 Å². The first-order valence-corrected chi connectivity index (χ1v) is 7.91. The highest BCUT2D eigenvalue weighted by Gasteiger charge is 2.20. The van der Waals surface area contributed by atoms with Crippen molar-refractivity contribution in [3.63, 3.8) is 0 Å². The number of ether oxygens (including phenoxy) is 2. The molecule has 0 spiro atoms. The van der Waals surface area contributed by atoms with Crippen molar-refractivity contribution in [2.24, 2.45) is 5.10 Å². The summed E-state index contributed by atoms with van der Waals surface area (Å²) in [4.78, 5) is 23.6. The molecule has 136 valence electrons. The summed E-state index contributed by atoms with van der Waals surface area (Å²) in [5.41, 5.74) is 2.53. The Hall–Kier alpha value is -2.77. The SMILES string of the molecule is COc1ccc(C=NNC(=O)c2ccc(Cl)cc2Cl)c(C(=O)O)c1OC. The van der Waals surface area contributed by atoms with Crippen molar-refractivity contribution in [2.45, 2.75) is 0 Å². The van der Waals surface area contributed by atoms with Crippen molar-refractivity contribution < 1.29 is 24.2 Å². The third kappa shape index (κ3) is 4.25. The molecule has 0 heterocycles. The fourth-order valence-corrected chi connectivity index (χ4v) is 2.66. The molecule has 0 saturated heterocycles. The van der Waals surface area contributed by atoms with Gasteiger partial charge in [0.25, 0.3) is 5.91 Å². The van der Waals surface area contributed by atoms with Crippen molar-refractivity contribution in [3.05, 3.63) is 57.1 Å². The van der Waals surface area contributed by atoms with E-state index in [-0.39, 0.29) is 33.2 Å². The molecular weight excluding hydrogens is 383 g/mol. The number of hydrazone groups is 1. The molecule has 0 atom stereocenters. The van der Waals surface area contributed by atoms with E-state index in [0.29, 0.717) is 5.02 Å². The van der Waals surface area contributed by atoms with Crippen LogP contribution in [0.2, 0.25) is 10.0 Å². The van der Waals surface area contributed by atoms with Gasteiger partial charge >= 0.3 is 5.97 Å². The number of aromatic carboxylic acids is 1. The maximum atomic E-state index is 12.1. The van der Waals surface area contributed by atoms with E-state index in [1.807, 2.05) is 0 Å². The van der Waals surface area contributed by atoms with Crippen LogP contribution in [0.3, 0.4) is 0 Å². The van der Waals surface area contributed by atoms with Crippen LogP contribution in [0, 0.1) is 0 Å². The summed E-state index contributed by atoms with van der Waals surface area (Å²) >= 11 is 11.7. The third-order valence-electron chi connectivity index (χ3n) is 3.34. The molecule has 2 aromatic carbocycles. The Morgan fingerprint density at radius 1 is 1.15 bits per heavy atom. The fraction of sp³-hybridized carbons (Fsp3) is 0.118. The summed E-state index contributed by atoms with van der Waals surface area (Å²) in [6, 6.07) is 7.41. The molecule has 2 rings (SSSR count). The number of carboxylic acid groups (broad SMARTS) is 1. The maximum absolute atomic E-state index is 12.1. The van der Waals surface area contributed by atoms with Crippen LogP contribution >= 0.6 is 23.2 Å². The van der Waals surface area contributed by atoms with Gasteiger partial charge in [-0.15, -0.1) is 0 Å². The number of methoxy groups -OCH3 is 2. The number of amides is 1. The first-order valence-electron chi connectivity index (χ1n) is 7.15. The van der Waals surface area contributed by atoms with Gasteiger partial charge in [-0.25, -0.2) is 10.2 Å². The number of nitrogens with zero attached hydrogens (tertiary/aromatic N) is 1. The van der Waals surface area contributed by atoms with Crippen LogP contribution in [-0.4, -0.2) is 37.4 Å². The number of hydrogen-bond donors (Lipinski definition) is 2. The van der Waals surface area contributed by atoms with E-state index >= 15 is 0 Å². The van der Waals surface area contributed by atoms with Crippen molar-refractivity contribution in [1.82, 2.24) is 5.43 Å². The van der Waals surface area contributed by atoms with Gasteiger partial charge in [-0.3, -0.25) is 4.79 Å². The largest absolute Gasteiger partial charge is 0.493 e. The molecule has 0 fully saturated rings. The minimum Gasteiger partial charge on any atom is -0.493 e. The van der Waals surface area contributed by atoms with Crippen LogP contribution in [0.25, 0.3) is 0 Å². The molecule has 26 heavy (non-hydrogen) atoms. The van der Waals surface area contributed by atoms with E-state index in [0.717, 1.165) is 0 Å². The third-order valence-corrected chi connectivity index (χ3v) is 3.88. The Labute approximate surface area is 159 Å². The number of hydrogen-bond acceptors (Lipinski definition) is 5. The Balaban J connectivity index is 2.27. The summed E-state index contributed by atoms with van der Waals surface area (Å²) in [6.07, 6.45) is 1.19. The Kier molecular flexibility index (Phi) is 6.43. The first-order chi connectivity index (χ1) is 12.4. The van der Waals surface area contributed by atoms with E-state index in [1.165, 1.54) is 50.8 Å². The minimum atomic E-state index is -1.23. The minimum absolute atomic E-state index is 0.0519. The second-order valence-corrected chi connectivity index (χ2v) is 5.74. The van der Waals surface area contributed by atoms with Crippen molar-refractivity contribution >= 4 is 41.3 Å². The topological polar surface area (TPSA) is 97.2 Å². The second-order valence-electron chi connectivity index (χ2n) is 4.89. The van der Waals surface area contributed by atoms with E-state index in [4.69, 9.17) is 32.7 Å². The molecule has 2 aromatic rings. The van der Waals surface area contributed by atoms with Crippen LogP contribution in [0.1, 0.15) is 26.3 Å². The van der Waals surface area contributed by atoms with Crippen molar-refractivity contribution in [3.8, 4) is 11.5 Å². The van der Waals surface area contributed by atoms with Gasteiger partial charge in [0.15, 0.2) is 11.5 Å². The lowest BCUT2D eigenvalue weighted by atomic mass is 10.1. The molecule has 0 bridgehead atoms. The highest BCUT2D eigenvalue weighted by atomic mass is 35.5. The maximum Gasteiger partial charge on any atom is 0.340 e. The molecule has 0 aromatic heterocycles. The van der Waals surface area contributed by atoms with E-state index in [1.54, 1.807) is 0 Å². The fourth-order valence-electron chi connectivity index (χ4n) is 2.16. The molecule has 0 aliphatic carbocycles. The standard InChI is InChI=1S/C17H14Cl2N2O5/c1-25-13-6-3-9(14(17(23)24)15(13)26-2)8-20-21-16(22)11-5-4-10(18)7-12(11)19/h3-8H,1-2H3,(H,21,22)(H,23,24). The zero-order valence-electron chi connectivity index (χ0n) is 13.7. The van der Waals surface area contributed by atoms with Gasteiger partial charge < -0.3 is 14.6 Å². The van der Waals surface area contributed by atoms with Crippen LogP contribution in [0.15, 0.2) is 35.4 Å². The molecule has 9 heteroatoms. The number of carbonyl (C=O) groups is 2. The Morgan fingerprint density at radius 2 is 1.88 bits per heavy atom. The average molecular weight is 397 g/mol. The first kappa shape index (κ1) is 19.6. The Morgan fingerprint density at radius 3 is 2.46 bits per heavy atom. The predicted octanol–water partition coefficient (Wildman–Crippen LogP) is 3.47. The smallest absolute Gasteiger partial charge is 0.340 e. The van der Waals surface area contributed by atoms with Crippen molar-refractivity contribution in [2.75, 3.05) is 14.2 Å². The van der Waals surface area contributed by atoms with Crippen LogP contribution in [0.4, 0.5) is 0 Å². The monoisotopic (exact) mass is 396 g/mol. The van der Waals surface area contributed by atoms with Gasteiger partial charge in [0, 0.05) is 10.6 Å². The molecule has 0 unspecified atom stereocenters. The molecule has 0 aliphatic heterocycles. The van der Waals surface area contributed by atoms with Crippen molar-refractivity contribution in [1.29, 1.82) is 0 Å². The zero-order chi connectivity index (χ0) is 19.3. The number of rotatable bonds is 6. The van der Waals surface area contributed by atoms with E-state index in [2.05, 4.69) is 10.5 Å². The predicted molar refractivity (Wildman–Crippen MR) is 98.0 cm³/mol. The van der Waals surface area contributed by atoms with Gasteiger partial charge in [-0.2, -0.15) is 5.10 Å². The average Bonchev–Trinajstić information content (AvgIpc) is 2.60. The normalized spacial score (nSPS) is 10.6. The molecule has 7 nitrogen and oxygen atoms in total. The molecule has 0 aliphatic rings. The van der Waals surface area contributed by atoms with Crippen LogP contribution in [-0.2, 0) is 0 Å². The highest BCUT2D eigenvalue weighted by Crippen LogP contribution is 2.32. The number of halogens is 2. The second kappa shape index (κ2) is 8.55. The summed E-state index contributed by atoms with van der Waals surface area (Å²) in [5.74, 6) is -1.48. The van der Waals surface area contributed by atoms with Gasteiger partial charge in [0.05, 0.1) is 31.0 Å². The number of carbonyl (C=O) groups excluding carboxylic acids is 1. The highest BCUT2D eigenvalue weighted by molar-refractivity contribution is 6.36. The van der Waals surface area contributed by atoms with E-state index in [9.17, 15) is 14.7 Å². The summed E-state index contributed by atoms with van der Waals surface area (Å²) in [6.45, 7) is 0.